The molecule has 0 atom stereocenters. The van der Waals surface area contributed by atoms with Gasteiger partial charge in [-0.1, -0.05) is 54.6 Å². The summed E-state index contributed by atoms with van der Waals surface area (Å²) in [7, 11) is 0. The van der Waals surface area contributed by atoms with Gasteiger partial charge in [0.2, 0.25) is 0 Å². The summed E-state index contributed by atoms with van der Waals surface area (Å²) >= 11 is 0. The van der Waals surface area contributed by atoms with E-state index < -0.39 is 0 Å². The van der Waals surface area contributed by atoms with Gasteiger partial charge in [0.1, 0.15) is 0 Å². The molecule has 0 bridgehead atoms. The number of benzene rings is 1. The summed E-state index contributed by atoms with van der Waals surface area (Å²) < 4.78 is 0. The summed E-state index contributed by atoms with van der Waals surface area (Å²) in [5, 5.41) is 1.20. The van der Waals surface area contributed by atoms with Crippen molar-refractivity contribution in [3.05, 3.63) is 90.4 Å². The van der Waals surface area contributed by atoms with Gasteiger partial charge in [-0.25, -0.2) is 0 Å². The van der Waals surface area contributed by atoms with Gasteiger partial charge in [-0.15, -0.1) is 0 Å². The maximum absolute atomic E-state index is 4.33. The van der Waals surface area contributed by atoms with Crippen molar-refractivity contribution in [2.24, 2.45) is 0 Å². The Labute approximate surface area is 143 Å². The molecule has 2 aromatic heterocycles. The Hall–Kier alpha value is -2.87. The van der Waals surface area contributed by atoms with Gasteiger partial charge in [0.15, 0.2) is 0 Å². The Morgan fingerprint density at radius 1 is 1.17 bits per heavy atom. The van der Waals surface area contributed by atoms with E-state index in [1.165, 1.54) is 27.7 Å². The number of aromatic nitrogens is 2. The molecule has 0 amide bonds. The van der Waals surface area contributed by atoms with Gasteiger partial charge in [0.25, 0.3) is 0 Å². The number of aromatic amines is 1. The molecule has 1 N–H and O–H groups in total. The summed E-state index contributed by atoms with van der Waals surface area (Å²) in [4.78, 5) is 7.54. The minimum atomic E-state index is 0.890. The quantitative estimate of drug-likeness (QED) is 0.588. The molecule has 0 saturated carbocycles. The molecule has 2 heterocycles. The fraction of sp³-hybridized carbons (Fsp3) is 0.136. The van der Waals surface area contributed by atoms with Crippen molar-refractivity contribution in [3.8, 4) is 11.1 Å². The predicted molar refractivity (Wildman–Crippen MR) is 103 cm³/mol. The first-order chi connectivity index (χ1) is 11.7. The Kier molecular flexibility index (Phi) is 4.76. The van der Waals surface area contributed by atoms with Crippen molar-refractivity contribution >= 4 is 10.9 Å². The number of allylic oxidation sites excluding steroid dienone is 5. The molecule has 3 rings (SSSR count). The van der Waals surface area contributed by atoms with E-state index in [0.717, 1.165) is 17.5 Å². The van der Waals surface area contributed by atoms with Gasteiger partial charge in [-0.2, -0.15) is 0 Å². The van der Waals surface area contributed by atoms with E-state index in [1.54, 1.807) is 0 Å². The smallest absolute Gasteiger partial charge is 0.0646 e. The summed E-state index contributed by atoms with van der Waals surface area (Å²) in [5.41, 5.74) is 7.17. The van der Waals surface area contributed by atoms with Crippen LogP contribution >= 0.6 is 0 Å². The molecule has 0 radical (unpaired) electrons. The molecule has 0 unspecified atom stereocenters. The molecule has 0 fully saturated rings. The van der Waals surface area contributed by atoms with Crippen LogP contribution in [0.1, 0.15) is 19.4 Å². The molecule has 0 aliphatic rings. The number of pyridine rings is 1. The van der Waals surface area contributed by atoms with E-state index in [4.69, 9.17) is 0 Å². The van der Waals surface area contributed by atoms with Gasteiger partial charge in [0, 0.05) is 23.3 Å². The third kappa shape index (κ3) is 3.38. The molecule has 0 aliphatic heterocycles. The molecule has 2 heteroatoms. The maximum atomic E-state index is 4.33. The number of H-pyrrole nitrogens is 1. The second-order valence-corrected chi connectivity index (χ2v) is 5.96. The largest absolute Gasteiger partial charge is 0.360 e. The molecule has 0 spiro atoms. The van der Waals surface area contributed by atoms with Crippen molar-refractivity contribution in [2.75, 3.05) is 0 Å². The number of hydrogen-bond donors (Lipinski definition) is 1. The molecule has 0 saturated heterocycles. The average molecular weight is 314 g/mol. The maximum Gasteiger partial charge on any atom is 0.0646 e. The summed E-state index contributed by atoms with van der Waals surface area (Å²) in [6.45, 7) is 8.09. The molecule has 1 aromatic carbocycles. The van der Waals surface area contributed by atoms with Crippen LogP contribution in [0.25, 0.3) is 22.0 Å². The first-order valence-electron chi connectivity index (χ1n) is 8.17. The zero-order chi connectivity index (χ0) is 16.9. The average Bonchev–Trinajstić information content (AvgIpc) is 3.10. The fourth-order valence-electron chi connectivity index (χ4n) is 2.81. The van der Waals surface area contributed by atoms with Crippen LogP contribution in [0.4, 0.5) is 0 Å². The molecule has 3 aromatic rings. The van der Waals surface area contributed by atoms with E-state index in [1.807, 2.05) is 24.7 Å². The van der Waals surface area contributed by atoms with Crippen LogP contribution in [0.15, 0.2) is 84.9 Å². The fourth-order valence-corrected chi connectivity index (χ4v) is 2.81. The molecule has 0 aliphatic carbocycles. The van der Waals surface area contributed by atoms with Crippen LogP contribution in [0.3, 0.4) is 0 Å². The van der Waals surface area contributed by atoms with Crippen molar-refractivity contribution < 1.29 is 0 Å². The summed E-state index contributed by atoms with van der Waals surface area (Å²) in [5.74, 6) is 0. The van der Waals surface area contributed by atoms with Gasteiger partial charge in [-0.3, -0.25) is 4.98 Å². The highest BCUT2D eigenvalue weighted by Gasteiger charge is 2.05. The number of fused-ring (bicyclic) bond motifs is 1. The van der Waals surface area contributed by atoms with E-state index in [-0.39, 0.29) is 0 Å². The Bertz CT molecular complexity index is 909. The number of rotatable bonds is 5. The minimum absolute atomic E-state index is 0.890. The highest BCUT2D eigenvalue weighted by atomic mass is 14.7. The zero-order valence-electron chi connectivity index (χ0n) is 14.2. The van der Waals surface area contributed by atoms with Crippen LogP contribution in [0.5, 0.6) is 0 Å². The molecule has 24 heavy (non-hydrogen) atoms. The highest BCUT2D eigenvalue weighted by Crippen LogP contribution is 2.27. The van der Waals surface area contributed by atoms with Crippen molar-refractivity contribution in [1.82, 2.24) is 9.97 Å². The van der Waals surface area contributed by atoms with E-state index in [2.05, 4.69) is 72.9 Å². The summed E-state index contributed by atoms with van der Waals surface area (Å²) in [6.07, 6.45) is 12.9. The van der Waals surface area contributed by atoms with E-state index in [9.17, 15) is 0 Å². The van der Waals surface area contributed by atoms with Gasteiger partial charge >= 0.3 is 0 Å². The third-order valence-electron chi connectivity index (χ3n) is 4.28. The zero-order valence-corrected chi connectivity index (χ0v) is 14.2. The van der Waals surface area contributed by atoms with Gasteiger partial charge < -0.3 is 4.98 Å². The topological polar surface area (TPSA) is 28.7 Å². The lowest BCUT2D eigenvalue weighted by atomic mass is 9.99. The Morgan fingerprint density at radius 2 is 1.96 bits per heavy atom. The second kappa shape index (κ2) is 7.14. The monoisotopic (exact) mass is 314 g/mol. The molecular weight excluding hydrogens is 292 g/mol. The third-order valence-corrected chi connectivity index (χ3v) is 4.28. The van der Waals surface area contributed by atoms with Crippen LogP contribution in [0, 0.1) is 0 Å². The lowest BCUT2D eigenvalue weighted by Gasteiger charge is -2.07. The van der Waals surface area contributed by atoms with Crippen LogP contribution in [-0.2, 0) is 6.42 Å². The predicted octanol–water partition coefficient (Wildman–Crippen LogP) is 5.85. The van der Waals surface area contributed by atoms with E-state index >= 15 is 0 Å². The first kappa shape index (κ1) is 16.0. The number of hydrogen-bond acceptors (Lipinski definition) is 1. The number of nitrogens with zero attached hydrogens (tertiary/aromatic N) is 1. The minimum Gasteiger partial charge on any atom is -0.360 e. The number of nitrogens with one attached hydrogen (secondary N) is 1. The molecular formula is C22H22N2. The lowest BCUT2D eigenvalue weighted by molar-refractivity contribution is 1.19. The van der Waals surface area contributed by atoms with Crippen molar-refractivity contribution in [2.45, 2.75) is 20.3 Å². The van der Waals surface area contributed by atoms with E-state index in [0.29, 0.717) is 0 Å². The Morgan fingerprint density at radius 3 is 2.67 bits per heavy atom. The van der Waals surface area contributed by atoms with Crippen LogP contribution < -0.4 is 0 Å². The Balaban J connectivity index is 1.87. The normalized spacial score (nSPS) is 12.6. The molecule has 120 valence electrons. The molecule has 2 nitrogen and oxygen atoms in total. The van der Waals surface area contributed by atoms with Crippen LogP contribution in [-0.4, -0.2) is 9.97 Å². The SMILES string of the molecule is C=C/C(=C\C(C)=C/C)Cc1ccc(-c2cncc3[nH]ccc23)cc1. The van der Waals surface area contributed by atoms with Crippen LogP contribution in [0.2, 0.25) is 0 Å². The van der Waals surface area contributed by atoms with Gasteiger partial charge in [-0.05, 0) is 43.0 Å². The standard InChI is InChI=1S/C22H22N2/c1-4-16(3)12-17(5-2)13-18-6-8-19(9-7-18)21-14-23-15-22-20(21)10-11-24-22/h4-12,14-15,24H,2,13H2,1,3H3/b16-4-,17-12+. The van der Waals surface area contributed by atoms with Crippen molar-refractivity contribution in [3.63, 3.8) is 0 Å². The van der Waals surface area contributed by atoms with Gasteiger partial charge in [0.05, 0.1) is 11.7 Å². The second-order valence-electron chi connectivity index (χ2n) is 5.96. The highest BCUT2D eigenvalue weighted by molar-refractivity contribution is 5.94. The first-order valence-corrected chi connectivity index (χ1v) is 8.17. The lowest BCUT2D eigenvalue weighted by Crippen LogP contribution is -1.89. The van der Waals surface area contributed by atoms with Crippen molar-refractivity contribution in [1.29, 1.82) is 0 Å². The summed E-state index contributed by atoms with van der Waals surface area (Å²) in [6, 6.07) is 10.8.